The summed E-state index contributed by atoms with van der Waals surface area (Å²) in [7, 11) is 0. The van der Waals surface area contributed by atoms with E-state index in [1.807, 2.05) is 0 Å². The summed E-state index contributed by atoms with van der Waals surface area (Å²) in [6.07, 6.45) is 0.682. The quantitative estimate of drug-likeness (QED) is 0.142. The molecule has 2 amide bonds. The molecule has 1 aromatic heterocycles. The van der Waals surface area contributed by atoms with Crippen molar-refractivity contribution in [2.24, 2.45) is 0 Å². The average Bonchev–Trinajstić information content (AvgIpc) is 2.97. The summed E-state index contributed by atoms with van der Waals surface area (Å²) in [5.74, 6) is 0.285. The molecule has 42 heavy (non-hydrogen) atoms. The van der Waals surface area contributed by atoms with Gasteiger partial charge in [-0.2, -0.15) is 0 Å². The van der Waals surface area contributed by atoms with E-state index >= 15 is 0 Å². The van der Waals surface area contributed by atoms with Crippen LogP contribution >= 0.6 is 11.6 Å². The summed E-state index contributed by atoms with van der Waals surface area (Å²) in [4.78, 5) is 32.6. The summed E-state index contributed by atoms with van der Waals surface area (Å²) in [5, 5.41) is 18.3. The van der Waals surface area contributed by atoms with Crippen LogP contribution in [0.4, 0.5) is 26.4 Å². The van der Waals surface area contributed by atoms with Crippen molar-refractivity contribution in [2.45, 2.75) is 13.0 Å². The summed E-state index contributed by atoms with van der Waals surface area (Å²) in [5.41, 5.74) is 3.69. The number of halogens is 2. The second-order valence-electron chi connectivity index (χ2n) is 9.24. The van der Waals surface area contributed by atoms with E-state index in [1.165, 1.54) is 18.5 Å². The molecule has 0 radical (unpaired) electrons. The maximum Gasteiger partial charge on any atom is 0.404 e. The Bertz CT molecular complexity index is 1770. The van der Waals surface area contributed by atoms with E-state index in [1.54, 1.807) is 72.8 Å². The van der Waals surface area contributed by atoms with E-state index in [2.05, 4.69) is 25.9 Å². The SMILES string of the molecule is O=C(O)NCCc1ccccc1C(=O)Nc1ccc2ncnc(Nc3ccc(OCc4cccc(F)c4)c(Cl)c3)c2c1. The summed E-state index contributed by atoms with van der Waals surface area (Å²) >= 11 is 6.46. The molecule has 5 aromatic rings. The van der Waals surface area contributed by atoms with Crippen molar-refractivity contribution in [2.75, 3.05) is 17.2 Å². The number of nitrogens with one attached hydrogen (secondary N) is 3. The van der Waals surface area contributed by atoms with E-state index in [-0.39, 0.29) is 24.9 Å². The highest BCUT2D eigenvalue weighted by Crippen LogP contribution is 2.31. The Labute approximate surface area is 245 Å². The Hall–Kier alpha value is -5.22. The van der Waals surface area contributed by atoms with Gasteiger partial charge in [0.25, 0.3) is 5.91 Å². The highest BCUT2D eigenvalue weighted by Gasteiger charge is 2.13. The zero-order valence-corrected chi connectivity index (χ0v) is 22.9. The van der Waals surface area contributed by atoms with Crippen LogP contribution in [0.1, 0.15) is 21.5 Å². The summed E-state index contributed by atoms with van der Waals surface area (Å²) in [6, 6.07) is 23.7. The molecule has 212 valence electrons. The van der Waals surface area contributed by atoms with Crippen LogP contribution in [0, 0.1) is 5.82 Å². The summed E-state index contributed by atoms with van der Waals surface area (Å²) in [6.45, 7) is 0.352. The molecule has 11 heteroatoms. The first-order chi connectivity index (χ1) is 20.4. The third-order valence-electron chi connectivity index (χ3n) is 6.30. The van der Waals surface area contributed by atoms with Gasteiger partial charge in [-0.05, 0) is 72.1 Å². The first-order valence-corrected chi connectivity index (χ1v) is 13.3. The predicted octanol–water partition coefficient (Wildman–Crippen LogP) is 6.81. The number of carboxylic acid groups (broad SMARTS) is 1. The van der Waals surface area contributed by atoms with Crippen LogP contribution in [0.25, 0.3) is 10.9 Å². The number of aromatic nitrogens is 2. The number of carbonyl (C=O) groups excluding carboxylic acids is 1. The molecule has 0 atom stereocenters. The van der Waals surface area contributed by atoms with E-state index in [4.69, 9.17) is 21.4 Å². The fourth-order valence-electron chi connectivity index (χ4n) is 4.32. The Morgan fingerprint density at radius 1 is 0.929 bits per heavy atom. The zero-order valence-electron chi connectivity index (χ0n) is 22.1. The topological polar surface area (TPSA) is 125 Å². The van der Waals surface area contributed by atoms with Gasteiger partial charge in [-0.1, -0.05) is 41.9 Å². The van der Waals surface area contributed by atoms with Crippen LogP contribution in [0.2, 0.25) is 5.02 Å². The van der Waals surface area contributed by atoms with Crippen LogP contribution in [0.3, 0.4) is 0 Å². The zero-order chi connectivity index (χ0) is 29.5. The molecule has 0 unspecified atom stereocenters. The lowest BCUT2D eigenvalue weighted by molar-refractivity contribution is 0.102. The van der Waals surface area contributed by atoms with Gasteiger partial charge < -0.3 is 25.8 Å². The monoisotopic (exact) mass is 585 g/mol. The van der Waals surface area contributed by atoms with Crippen LogP contribution in [-0.4, -0.2) is 33.6 Å². The minimum absolute atomic E-state index is 0.166. The molecule has 0 aliphatic heterocycles. The molecule has 0 aliphatic rings. The van der Waals surface area contributed by atoms with Crippen molar-refractivity contribution < 1.29 is 23.8 Å². The highest BCUT2D eigenvalue weighted by atomic mass is 35.5. The second-order valence-corrected chi connectivity index (χ2v) is 9.64. The fourth-order valence-corrected chi connectivity index (χ4v) is 4.55. The number of fused-ring (bicyclic) bond motifs is 1. The van der Waals surface area contributed by atoms with Crippen molar-refractivity contribution in [3.63, 3.8) is 0 Å². The molecule has 0 aliphatic carbocycles. The lowest BCUT2D eigenvalue weighted by atomic mass is 10.0. The number of nitrogens with zero attached hydrogens (tertiary/aromatic N) is 2. The second kappa shape index (κ2) is 13.0. The number of hydrogen-bond acceptors (Lipinski definition) is 6. The molecule has 0 fully saturated rings. The lowest BCUT2D eigenvalue weighted by Gasteiger charge is -2.13. The van der Waals surface area contributed by atoms with Crippen LogP contribution < -0.4 is 20.7 Å². The normalized spacial score (nSPS) is 10.7. The first-order valence-electron chi connectivity index (χ1n) is 12.9. The Morgan fingerprint density at radius 2 is 1.76 bits per heavy atom. The van der Waals surface area contributed by atoms with Crippen LogP contribution in [-0.2, 0) is 13.0 Å². The standard InChI is InChI=1S/C31H25ClFN5O4/c32-26-16-23(9-11-28(26)42-17-19-4-3-6-21(33)14-19)37-29-25-15-22(8-10-27(25)35-18-36-29)38-30(39)24-7-2-1-5-20(24)12-13-34-31(40)41/h1-11,14-16,18,34H,12-13,17H2,(H,38,39)(H,40,41)(H,35,36,37). The van der Waals surface area contributed by atoms with E-state index in [9.17, 15) is 14.0 Å². The number of ether oxygens (including phenoxy) is 1. The van der Waals surface area contributed by atoms with Gasteiger partial charge in [0.2, 0.25) is 0 Å². The average molecular weight is 586 g/mol. The molecule has 9 nitrogen and oxygen atoms in total. The maximum atomic E-state index is 13.4. The number of benzene rings is 4. The fraction of sp³-hybridized carbons (Fsp3) is 0.0968. The molecular weight excluding hydrogens is 561 g/mol. The van der Waals surface area contributed by atoms with Gasteiger partial charge in [0.15, 0.2) is 0 Å². The molecule has 1 heterocycles. The third kappa shape index (κ3) is 7.10. The van der Waals surface area contributed by atoms with Gasteiger partial charge in [-0.3, -0.25) is 4.79 Å². The van der Waals surface area contributed by atoms with Gasteiger partial charge in [0.05, 0.1) is 10.5 Å². The predicted molar refractivity (Wildman–Crippen MR) is 159 cm³/mol. The molecule has 0 saturated heterocycles. The number of carbonyl (C=O) groups is 2. The van der Waals surface area contributed by atoms with Crippen molar-refractivity contribution in [3.8, 4) is 5.75 Å². The van der Waals surface area contributed by atoms with Gasteiger partial charge in [0.1, 0.15) is 30.3 Å². The van der Waals surface area contributed by atoms with E-state index in [0.717, 1.165) is 5.56 Å². The van der Waals surface area contributed by atoms with Crippen molar-refractivity contribution in [1.82, 2.24) is 15.3 Å². The van der Waals surface area contributed by atoms with Crippen LogP contribution in [0.15, 0.2) is 91.3 Å². The first kappa shape index (κ1) is 28.3. The van der Waals surface area contributed by atoms with E-state index < -0.39 is 6.09 Å². The Kier molecular flexibility index (Phi) is 8.74. The largest absolute Gasteiger partial charge is 0.487 e. The summed E-state index contributed by atoms with van der Waals surface area (Å²) < 4.78 is 19.2. The van der Waals surface area contributed by atoms with Gasteiger partial charge in [-0.15, -0.1) is 0 Å². The van der Waals surface area contributed by atoms with Crippen molar-refractivity contribution in [1.29, 1.82) is 0 Å². The maximum absolute atomic E-state index is 13.4. The lowest BCUT2D eigenvalue weighted by Crippen LogP contribution is -2.24. The molecule has 4 aromatic carbocycles. The molecule has 0 spiro atoms. The Balaban J connectivity index is 1.31. The highest BCUT2D eigenvalue weighted by molar-refractivity contribution is 6.32. The smallest absolute Gasteiger partial charge is 0.404 e. The van der Waals surface area contributed by atoms with Gasteiger partial charge in [0, 0.05) is 28.9 Å². The molecule has 5 rings (SSSR count). The third-order valence-corrected chi connectivity index (χ3v) is 6.60. The molecule has 4 N–H and O–H groups in total. The number of amides is 2. The number of rotatable bonds is 10. The number of hydrogen-bond donors (Lipinski definition) is 4. The van der Waals surface area contributed by atoms with Gasteiger partial charge >= 0.3 is 6.09 Å². The minimum atomic E-state index is -1.12. The van der Waals surface area contributed by atoms with Crippen molar-refractivity contribution in [3.05, 3.63) is 119 Å². The Morgan fingerprint density at radius 3 is 2.57 bits per heavy atom. The number of anilines is 3. The van der Waals surface area contributed by atoms with Gasteiger partial charge in [-0.25, -0.2) is 19.2 Å². The van der Waals surface area contributed by atoms with E-state index in [0.29, 0.717) is 56.4 Å². The minimum Gasteiger partial charge on any atom is -0.487 e. The van der Waals surface area contributed by atoms with Crippen LogP contribution in [0.5, 0.6) is 5.75 Å². The molecular formula is C31H25ClFN5O4. The van der Waals surface area contributed by atoms with Crippen molar-refractivity contribution >= 4 is 51.7 Å². The molecule has 0 bridgehead atoms. The molecule has 0 saturated carbocycles.